The molecule has 4 nitrogen and oxygen atoms in total. The van der Waals surface area contributed by atoms with Gasteiger partial charge in [-0.1, -0.05) is 24.3 Å². The average molecular weight is 343 g/mol. The Balaban J connectivity index is 1.27. The van der Waals surface area contributed by atoms with E-state index in [1.165, 1.54) is 11.1 Å². The highest BCUT2D eigenvalue weighted by atomic mass is 16.5. The molecule has 0 radical (unpaired) electrons. The predicted molar refractivity (Wildman–Crippen MR) is 96.4 cm³/mol. The van der Waals surface area contributed by atoms with Crippen LogP contribution in [0, 0.1) is 11.3 Å². The smallest absolute Gasteiger partial charge is 0.222 e. The van der Waals surface area contributed by atoms with Gasteiger partial charge in [0.15, 0.2) is 0 Å². The highest BCUT2D eigenvalue weighted by molar-refractivity contribution is 5.76. The van der Waals surface area contributed by atoms with Crippen LogP contribution in [0.1, 0.15) is 36.8 Å². The van der Waals surface area contributed by atoms with E-state index >= 15 is 0 Å². The van der Waals surface area contributed by atoms with Crippen LogP contribution in [-0.2, 0) is 27.1 Å². The first-order valence-electron chi connectivity index (χ1n) is 9.62. The first kappa shape index (κ1) is 17.0. The molecule has 0 saturated carbocycles. The number of ether oxygens (including phenoxy) is 2. The summed E-state index contributed by atoms with van der Waals surface area (Å²) < 4.78 is 11.1. The zero-order valence-corrected chi connectivity index (χ0v) is 15.2. The second-order valence-electron chi connectivity index (χ2n) is 8.22. The maximum atomic E-state index is 12.7. The molecule has 1 amide bonds. The highest BCUT2D eigenvalue weighted by Gasteiger charge is 2.43. The number of likely N-dealkylation sites (tertiary alicyclic amines) is 1. The van der Waals surface area contributed by atoms with E-state index in [4.69, 9.17) is 9.47 Å². The molecule has 0 aromatic heterocycles. The van der Waals surface area contributed by atoms with Gasteiger partial charge in [-0.15, -0.1) is 0 Å². The third-order valence-electron chi connectivity index (χ3n) is 6.41. The Labute approximate surface area is 150 Å². The number of rotatable bonds is 4. The Morgan fingerprint density at radius 1 is 1.24 bits per heavy atom. The molecule has 2 fully saturated rings. The SMILES string of the molecule is COC[C@@H]1CC2(CCN(C(=O)CC3Cc4ccccc4C3)CC2)CO1. The molecule has 2 heterocycles. The van der Waals surface area contributed by atoms with E-state index in [9.17, 15) is 4.79 Å². The number of hydrogen-bond donors (Lipinski definition) is 0. The lowest BCUT2D eigenvalue weighted by Gasteiger charge is -2.38. The second-order valence-corrected chi connectivity index (χ2v) is 8.22. The van der Waals surface area contributed by atoms with Crippen molar-refractivity contribution in [1.82, 2.24) is 4.90 Å². The number of nitrogens with zero attached hydrogens (tertiary/aromatic N) is 1. The Hall–Kier alpha value is -1.39. The van der Waals surface area contributed by atoms with E-state index in [2.05, 4.69) is 29.2 Å². The maximum absolute atomic E-state index is 12.7. The number of fused-ring (bicyclic) bond motifs is 1. The quantitative estimate of drug-likeness (QED) is 0.844. The molecule has 136 valence electrons. The minimum Gasteiger partial charge on any atom is -0.382 e. The molecule has 4 rings (SSSR count). The normalized spacial score (nSPS) is 25.5. The maximum Gasteiger partial charge on any atom is 0.222 e. The van der Waals surface area contributed by atoms with Gasteiger partial charge >= 0.3 is 0 Å². The van der Waals surface area contributed by atoms with Gasteiger partial charge in [-0.3, -0.25) is 4.79 Å². The lowest BCUT2D eigenvalue weighted by molar-refractivity contribution is -0.134. The molecule has 1 aliphatic carbocycles. The van der Waals surface area contributed by atoms with Crippen molar-refractivity contribution < 1.29 is 14.3 Å². The van der Waals surface area contributed by atoms with Gasteiger partial charge in [0.1, 0.15) is 0 Å². The molecule has 0 unspecified atom stereocenters. The Morgan fingerprint density at radius 2 is 1.92 bits per heavy atom. The van der Waals surface area contributed by atoms with Gasteiger partial charge in [0.2, 0.25) is 5.91 Å². The van der Waals surface area contributed by atoms with Crippen molar-refractivity contribution in [3.8, 4) is 0 Å². The number of carbonyl (C=O) groups is 1. The van der Waals surface area contributed by atoms with Gasteiger partial charge in [0.05, 0.1) is 19.3 Å². The van der Waals surface area contributed by atoms with E-state index < -0.39 is 0 Å². The standard InChI is InChI=1S/C21H29NO3/c1-24-14-19-13-21(15-25-19)6-8-22(9-7-21)20(23)12-16-10-17-4-2-3-5-18(17)11-16/h2-5,16,19H,6-15H2,1H3/t19-/m0/s1. The summed E-state index contributed by atoms with van der Waals surface area (Å²) >= 11 is 0. The summed E-state index contributed by atoms with van der Waals surface area (Å²) in [6, 6.07) is 8.63. The molecular formula is C21H29NO3. The van der Waals surface area contributed by atoms with Crippen molar-refractivity contribution in [2.45, 2.75) is 44.6 Å². The topological polar surface area (TPSA) is 38.8 Å². The number of amides is 1. The number of hydrogen-bond acceptors (Lipinski definition) is 3. The third-order valence-corrected chi connectivity index (χ3v) is 6.41. The predicted octanol–water partition coefficient (Wildman–Crippen LogP) is 2.84. The van der Waals surface area contributed by atoms with Gasteiger partial charge in [-0.25, -0.2) is 0 Å². The van der Waals surface area contributed by atoms with Crippen LogP contribution in [-0.4, -0.2) is 50.3 Å². The molecule has 2 aliphatic heterocycles. The van der Waals surface area contributed by atoms with E-state index in [0.29, 0.717) is 24.9 Å². The molecule has 1 atom stereocenters. The van der Waals surface area contributed by atoms with Crippen molar-refractivity contribution in [2.24, 2.45) is 11.3 Å². The fraction of sp³-hybridized carbons (Fsp3) is 0.667. The van der Waals surface area contributed by atoms with E-state index in [0.717, 1.165) is 51.8 Å². The molecule has 4 heteroatoms. The Bertz CT molecular complexity index is 596. The monoisotopic (exact) mass is 343 g/mol. The van der Waals surface area contributed by atoms with Crippen molar-refractivity contribution in [1.29, 1.82) is 0 Å². The summed E-state index contributed by atoms with van der Waals surface area (Å²) in [5, 5.41) is 0. The van der Waals surface area contributed by atoms with Gasteiger partial charge < -0.3 is 14.4 Å². The van der Waals surface area contributed by atoms with Crippen LogP contribution < -0.4 is 0 Å². The molecular weight excluding hydrogens is 314 g/mol. The van der Waals surface area contributed by atoms with Crippen molar-refractivity contribution in [2.75, 3.05) is 33.4 Å². The van der Waals surface area contributed by atoms with Crippen molar-refractivity contribution >= 4 is 5.91 Å². The van der Waals surface area contributed by atoms with Crippen LogP contribution in [0.15, 0.2) is 24.3 Å². The first-order chi connectivity index (χ1) is 12.2. The third kappa shape index (κ3) is 3.61. The fourth-order valence-electron chi connectivity index (χ4n) is 4.94. The zero-order chi connectivity index (χ0) is 17.3. The molecule has 1 aromatic carbocycles. The minimum absolute atomic E-state index is 0.240. The fourth-order valence-corrected chi connectivity index (χ4v) is 4.94. The van der Waals surface area contributed by atoms with E-state index in [1.54, 1.807) is 7.11 Å². The number of carbonyl (C=O) groups excluding carboxylic acids is 1. The van der Waals surface area contributed by atoms with Gasteiger partial charge in [-0.05, 0) is 54.6 Å². The van der Waals surface area contributed by atoms with Gasteiger partial charge in [-0.2, -0.15) is 0 Å². The van der Waals surface area contributed by atoms with Gasteiger partial charge in [0.25, 0.3) is 0 Å². The molecule has 0 bridgehead atoms. The van der Waals surface area contributed by atoms with Crippen molar-refractivity contribution in [3.05, 3.63) is 35.4 Å². The van der Waals surface area contributed by atoms with Crippen LogP contribution in [0.2, 0.25) is 0 Å². The molecule has 3 aliphatic rings. The summed E-state index contributed by atoms with van der Waals surface area (Å²) in [5.74, 6) is 0.835. The van der Waals surface area contributed by atoms with Crippen molar-refractivity contribution in [3.63, 3.8) is 0 Å². The highest BCUT2D eigenvalue weighted by Crippen LogP contribution is 2.42. The van der Waals surface area contributed by atoms with Crippen LogP contribution in [0.25, 0.3) is 0 Å². The lowest BCUT2D eigenvalue weighted by Crippen LogP contribution is -2.44. The summed E-state index contributed by atoms with van der Waals surface area (Å²) in [4.78, 5) is 14.8. The number of piperidine rings is 1. The molecule has 0 N–H and O–H groups in total. The number of methoxy groups -OCH3 is 1. The van der Waals surface area contributed by atoms with Crippen LogP contribution in [0.5, 0.6) is 0 Å². The average Bonchev–Trinajstić information content (AvgIpc) is 3.19. The largest absolute Gasteiger partial charge is 0.382 e. The Kier molecular flexibility index (Phi) is 4.83. The molecule has 2 saturated heterocycles. The number of benzene rings is 1. The Morgan fingerprint density at radius 3 is 2.56 bits per heavy atom. The van der Waals surface area contributed by atoms with E-state index in [-0.39, 0.29) is 11.5 Å². The second kappa shape index (κ2) is 7.08. The lowest BCUT2D eigenvalue weighted by atomic mass is 9.76. The molecule has 1 spiro atoms. The van der Waals surface area contributed by atoms with Gasteiger partial charge in [0, 0.05) is 26.6 Å². The zero-order valence-electron chi connectivity index (χ0n) is 15.2. The summed E-state index contributed by atoms with van der Waals surface area (Å²) in [7, 11) is 1.73. The summed E-state index contributed by atoms with van der Waals surface area (Å²) in [6.45, 7) is 3.30. The van der Waals surface area contributed by atoms with Crippen LogP contribution >= 0.6 is 0 Å². The summed E-state index contributed by atoms with van der Waals surface area (Å²) in [6.07, 6.45) is 6.29. The van der Waals surface area contributed by atoms with E-state index in [1.807, 2.05) is 0 Å². The summed E-state index contributed by atoms with van der Waals surface area (Å²) in [5.41, 5.74) is 3.15. The molecule has 25 heavy (non-hydrogen) atoms. The first-order valence-corrected chi connectivity index (χ1v) is 9.62. The molecule has 1 aromatic rings. The van der Waals surface area contributed by atoms with Crippen LogP contribution in [0.3, 0.4) is 0 Å². The minimum atomic E-state index is 0.240. The van der Waals surface area contributed by atoms with Crippen LogP contribution in [0.4, 0.5) is 0 Å².